The van der Waals surface area contributed by atoms with Crippen LogP contribution in [0.15, 0.2) is 18.7 Å². The maximum atomic E-state index is 6.04. The molecular weight excluding hydrogens is 288 g/mol. The van der Waals surface area contributed by atoms with Crippen molar-refractivity contribution in [3.63, 3.8) is 0 Å². The van der Waals surface area contributed by atoms with Gasteiger partial charge in [0.1, 0.15) is 6.33 Å². The van der Waals surface area contributed by atoms with Gasteiger partial charge in [-0.2, -0.15) is 15.0 Å². The van der Waals surface area contributed by atoms with Gasteiger partial charge in [0.2, 0.25) is 17.2 Å². The highest BCUT2D eigenvalue weighted by Crippen LogP contribution is 2.26. The van der Waals surface area contributed by atoms with Gasteiger partial charge in [0, 0.05) is 25.5 Å². The van der Waals surface area contributed by atoms with E-state index < -0.39 is 0 Å². The van der Waals surface area contributed by atoms with E-state index in [4.69, 9.17) is 11.6 Å². The summed E-state index contributed by atoms with van der Waals surface area (Å²) in [6.45, 7) is 6.51. The molecule has 0 atom stereocenters. The van der Waals surface area contributed by atoms with Crippen molar-refractivity contribution < 1.29 is 0 Å². The van der Waals surface area contributed by atoms with Crippen LogP contribution in [0.3, 0.4) is 0 Å². The van der Waals surface area contributed by atoms with Crippen LogP contribution >= 0.6 is 11.6 Å². The molecule has 0 aromatic carbocycles. The molecule has 2 aromatic rings. The van der Waals surface area contributed by atoms with E-state index in [2.05, 4.69) is 38.7 Å². The molecule has 3 heterocycles. The monoisotopic (exact) mass is 306 g/mol. The number of imidazole rings is 1. The molecule has 2 aromatic heterocycles. The lowest BCUT2D eigenvalue weighted by molar-refractivity contribution is 0.310. The van der Waals surface area contributed by atoms with Gasteiger partial charge in [-0.15, -0.1) is 0 Å². The second-order valence-corrected chi connectivity index (χ2v) is 6.08. The summed E-state index contributed by atoms with van der Waals surface area (Å²) in [4.78, 5) is 19.1. The quantitative estimate of drug-likeness (QED) is 0.872. The molecule has 6 nitrogen and oxygen atoms in total. The van der Waals surface area contributed by atoms with Crippen LogP contribution in [0.5, 0.6) is 0 Å². The van der Waals surface area contributed by atoms with Crippen LogP contribution < -0.4 is 4.90 Å². The molecule has 1 saturated heterocycles. The molecule has 0 saturated carbocycles. The van der Waals surface area contributed by atoms with Gasteiger partial charge in [-0.05, 0) is 36.3 Å². The molecule has 3 rings (SSSR count). The lowest BCUT2D eigenvalue weighted by Crippen LogP contribution is -2.36. The van der Waals surface area contributed by atoms with Gasteiger partial charge >= 0.3 is 0 Å². The summed E-state index contributed by atoms with van der Waals surface area (Å²) in [5, 5.41) is 0.217. The number of halogens is 1. The average Bonchev–Trinajstić information content (AvgIpc) is 3.01. The zero-order valence-corrected chi connectivity index (χ0v) is 13.0. The van der Waals surface area contributed by atoms with Gasteiger partial charge in [-0.3, -0.25) is 4.57 Å². The summed E-state index contributed by atoms with van der Waals surface area (Å²) < 4.78 is 1.73. The molecule has 0 unspecified atom stereocenters. The molecule has 0 aliphatic carbocycles. The van der Waals surface area contributed by atoms with Crippen molar-refractivity contribution in [1.29, 1.82) is 0 Å². The minimum absolute atomic E-state index is 0.217. The Labute approximate surface area is 129 Å². The largest absolute Gasteiger partial charge is 0.341 e. The van der Waals surface area contributed by atoms with Crippen LogP contribution in [0.25, 0.3) is 5.95 Å². The Morgan fingerprint density at radius 2 is 1.86 bits per heavy atom. The maximum Gasteiger partial charge on any atom is 0.241 e. The highest BCUT2D eigenvalue weighted by Gasteiger charge is 2.23. The smallest absolute Gasteiger partial charge is 0.241 e. The molecule has 0 bridgehead atoms. The average molecular weight is 307 g/mol. The first kappa shape index (κ1) is 14.3. The second kappa shape index (κ2) is 5.97. The molecule has 21 heavy (non-hydrogen) atoms. The van der Waals surface area contributed by atoms with Crippen LogP contribution in [0.4, 0.5) is 5.95 Å². The molecule has 7 heteroatoms. The maximum absolute atomic E-state index is 6.04. The number of aromatic nitrogens is 5. The molecule has 1 aliphatic heterocycles. The SMILES string of the molecule is CC(C)C1CCN(c2nc(Cl)nc(-n3ccnc3)n2)CC1. The predicted molar refractivity (Wildman–Crippen MR) is 81.7 cm³/mol. The number of hydrogen-bond acceptors (Lipinski definition) is 5. The Morgan fingerprint density at radius 1 is 1.14 bits per heavy atom. The Morgan fingerprint density at radius 3 is 2.48 bits per heavy atom. The summed E-state index contributed by atoms with van der Waals surface area (Å²) in [7, 11) is 0. The minimum atomic E-state index is 0.217. The molecular formula is C14H19ClN6. The van der Waals surface area contributed by atoms with E-state index in [-0.39, 0.29) is 5.28 Å². The van der Waals surface area contributed by atoms with E-state index >= 15 is 0 Å². The lowest BCUT2D eigenvalue weighted by Gasteiger charge is -2.33. The Kier molecular flexibility index (Phi) is 4.05. The van der Waals surface area contributed by atoms with Crippen molar-refractivity contribution in [2.75, 3.05) is 18.0 Å². The summed E-state index contributed by atoms with van der Waals surface area (Å²) in [5.74, 6) is 2.68. The number of anilines is 1. The Bertz CT molecular complexity index is 590. The Hall–Kier alpha value is -1.69. The van der Waals surface area contributed by atoms with Crippen LogP contribution in [0.1, 0.15) is 26.7 Å². The lowest BCUT2D eigenvalue weighted by atomic mass is 9.87. The second-order valence-electron chi connectivity index (χ2n) is 5.74. The highest BCUT2D eigenvalue weighted by atomic mass is 35.5. The fourth-order valence-corrected chi connectivity index (χ4v) is 2.88. The van der Waals surface area contributed by atoms with E-state index in [0.717, 1.165) is 24.9 Å². The van der Waals surface area contributed by atoms with Crippen molar-refractivity contribution in [3.05, 3.63) is 24.0 Å². The van der Waals surface area contributed by atoms with Gasteiger partial charge in [-0.25, -0.2) is 4.98 Å². The van der Waals surface area contributed by atoms with Crippen molar-refractivity contribution in [2.45, 2.75) is 26.7 Å². The third-order valence-corrected chi connectivity index (χ3v) is 4.25. The van der Waals surface area contributed by atoms with Crippen molar-refractivity contribution in [3.8, 4) is 5.95 Å². The number of piperidine rings is 1. The van der Waals surface area contributed by atoms with Crippen molar-refractivity contribution in [1.82, 2.24) is 24.5 Å². The summed E-state index contributed by atoms with van der Waals surface area (Å²) in [6, 6.07) is 0. The van der Waals surface area contributed by atoms with Crippen LogP contribution in [0.2, 0.25) is 5.28 Å². The number of rotatable bonds is 3. The first-order chi connectivity index (χ1) is 10.1. The van der Waals surface area contributed by atoms with Gasteiger partial charge in [0.15, 0.2) is 0 Å². The van der Waals surface area contributed by atoms with Crippen molar-refractivity contribution >= 4 is 17.5 Å². The molecule has 0 spiro atoms. The van der Waals surface area contributed by atoms with E-state index in [9.17, 15) is 0 Å². The minimum Gasteiger partial charge on any atom is -0.341 e. The molecule has 1 fully saturated rings. The zero-order valence-electron chi connectivity index (χ0n) is 12.3. The third kappa shape index (κ3) is 3.15. The fraction of sp³-hybridized carbons (Fsp3) is 0.571. The first-order valence-corrected chi connectivity index (χ1v) is 7.66. The van der Waals surface area contributed by atoms with E-state index in [1.54, 1.807) is 23.3 Å². The predicted octanol–water partition coefficient (Wildman–Crippen LogP) is 2.58. The topological polar surface area (TPSA) is 59.7 Å². The summed E-state index contributed by atoms with van der Waals surface area (Å²) in [5.41, 5.74) is 0. The molecule has 0 amide bonds. The first-order valence-electron chi connectivity index (χ1n) is 7.28. The van der Waals surface area contributed by atoms with E-state index in [1.807, 2.05) is 0 Å². The van der Waals surface area contributed by atoms with Crippen LogP contribution in [0, 0.1) is 11.8 Å². The zero-order chi connectivity index (χ0) is 14.8. The molecule has 112 valence electrons. The summed E-state index contributed by atoms with van der Waals surface area (Å²) in [6.07, 6.45) is 7.47. The van der Waals surface area contributed by atoms with Gasteiger partial charge in [0.05, 0.1) is 0 Å². The summed E-state index contributed by atoms with van der Waals surface area (Å²) >= 11 is 6.04. The third-order valence-electron chi connectivity index (χ3n) is 4.09. The normalized spacial score (nSPS) is 16.7. The van der Waals surface area contributed by atoms with Crippen LogP contribution in [-0.4, -0.2) is 37.6 Å². The molecule has 0 N–H and O–H groups in total. The van der Waals surface area contributed by atoms with Crippen LogP contribution in [-0.2, 0) is 0 Å². The number of hydrogen-bond donors (Lipinski definition) is 0. The number of nitrogens with zero attached hydrogens (tertiary/aromatic N) is 6. The van der Waals surface area contributed by atoms with Gasteiger partial charge in [0.25, 0.3) is 0 Å². The van der Waals surface area contributed by atoms with Gasteiger partial charge < -0.3 is 4.90 Å². The van der Waals surface area contributed by atoms with Gasteiger partial charge in [-0.1, -0.05) is 13.8 Å². The van der Waals surface area contributed by atoms with E-state index in [0.29, 0.717) is 11.9 Å². The molecule has 1 aliphatic rings. The fourth-order valence-electron chi connectivity index (χ4n) is 2.73. The standard InChI is InChI=1S/C14H19ClN6/c1-10(2)11-3-6-20(7-4-11)13-17-12(15)18-14(19-13)21-8-5-16-9-21/h5,8-11H,3-4,6-7H2,1-2H3. The van der Waals surface area contributed by atoms with E-state index in [1.165, 1.54) is 12.8 Å². The highest BCUT2D eigenvalue weighted by molar-refractivity contribution is 6.28. The Balaban J connectivity index is 1.80. The molecule has 0 radical (unpaired) electrons. The van der Waals surface area contributed by atoms with Crippen molar-refractivity contribution in [2.24, 2.45) is 11.8 Å².